The molecule has 1 fully saturated rings. The van der Waals surface area contributed by atoms with Gasteiger partial charge in [-0.3, -0.25) is 9.59 Å². The summed E-state index contributed by atoms with van der Waals surface area (Å²) >= 11 is 7.45. The van der Waals surface area contributed by atoms with Crippen molar-refractivity contribution in [2.75, 3.05) is 11.5 Å². The van der Waals surface area contributed by atoms with Crippen LogP contribution in [0, 0.1) is 6.92 Å². The highest BCUT2D eigenvalue weighted by Crippen LogP contribution is 2.26. The van der Waals surface area contributed by atoms with Crippen LogP contribution in [0.1, 0.15) is 27.4 Å². The number of hydrogen-bond acceptors (Lipinski definition) is 6. The Kier molecular flexibility index (Phi) is 5.27. The van der Waals surface area contributed by atoms with Crippen molar-refractivity contribution in [1.29, 1.82) is 0 Å². The summed E-state index contributed by atoms with van der Waals surface area (Å²) in [5.41, 5.74) is 0.920. The van der Waals surface area contributed by atoms with Crippen LogP contribution in [0.15, 0.2) is 44.9 Å². The lowest BCUT2D eigenvalue weighted by Gasteiger charge is -2.27. The van der Waals surface area contributed by atoms with E-state index in [1.807, 2.05) is 18.4 Å². The van der Waals surface area contributed by atoms with Gasteiger partial charge in [-0.1, -0.05) is 11.6 Å². The second kappa shape index (κ2) is 7.59. The Morgan fingerprint density at radius 3 is 2.76 bits per heavy atom. The summed E-state index contributed by atoms with van der Waals surface area (Å²) in [5.74, 6) is -0.640. The van der Waals surface area contributed by atoms with E-state index in [1.165, 1.54) is 22.3 Å². The second-order valence-electron chi connectivity index (χ2n) is 7.13. The zero-order valence-electron chi connectivity index (χ0n) is 15.6. The summed E-state index contributed by atoms with van der Waals surface area (Å²) < 4.78 is 29.7. The molecular weight excluding hydrogens is 434 g/mol. The van der Waals surface area contributed by atoms with Gasteiger partial charge in [0.05, 0.1) is 23.4 Å². The van der Waals surface area contributed by atoms with Crippen molar-refractivity contribution in [2.45, 2.75) is 25.9 Å². The van der Waals surface area contributed by atoms with Crippen LogP contribution in [0.25, 0.3) is 11.0 Å². The van der Waals surface area contributed by atoms with Crippen LogP contribution in [0.5, 0.6) is 0 Å². The number of hydrogen-bond donors (Lipinski definition) is 0. The highest BCUT2D eigenvalue weighted by atomic mass is 35.5. The number of amides is 1. The molecule has 2 aromatic heterocycles. The molecule has 1 saturated heterocycles. The fourth-order valence-electron chi connectivity index (χ4n) is 3.48. The zero-order valence-corrected chi connectivity index (χ0v) is 17.9. The first-order valence-electron chi connectivity index (χ1n) is 9.01. The van der Waals surface area contributed by atoms with Gasteiger partial charge < -0.3 is 9.32 Å². The molecule has 0 unspecified atom stereocenters. The summed E-state index contributed by atoms with van der Waals surface area (Å²) in [5, 5.41) is 2.62. The molecule has 0 aliphatic carbocycles. The number of thiophene rings is 1. The highest BCUT2D eigenvalue weighted by molar-refractivity contribution is 7.91. The summed E-state index contributed by atoms with van der Waals surface area (Å²) in [6, 6.07) is 7.27. The molecule has 152 valence electrons. The number of benzene rings is 1. The average molecular weight is 452 g/mol. The molecule has 1 amide bonds. The van der Waals surface area contributed by atoms with Crippen LogP contribution in [-0.2, 0) is 16.4 Å². The van der Waals surface area contributed by atoms with Gasteiger partial charge in [0.2, 0.25) is 0 Å². The van der Waals surface area contributed by atoms with Crippen LogP contribution in [0.2, 0.25) is 5.02 Å². The van der Waals surface area contributed by atoms with E-state index in [9.17, 15) is 18.0 Å². The third-order valence-electron chi connectivity index (χ3n) is 5.09. The minimum Gasteiger partial charge on any atom is -0.451 e. The van der Waals surface area contributed by atoms with Crippen LogP contribution >= 0.6 is 22.9 Å². The number of carbonyl (C=O) groups is 1. The first-order chi connectivity index (χ1) is 13.7. The molecule has 3 heterocycles. The van der Waals surface area contributed by atoms with Gasteiger partial charge >= 0.3 is 0 Å². The third-order valence-corrected chi connectivity index (χ3v) is 8.09. The van der Waals surface area contributed by atoms with Crippen LogP contribution < -0.4 is 5.43 Å². The van der Waals surface area contributed by atoms with Gasteiger partial charge in [0.15, 0.2) is 21.0 Å². The van der Waals surface area contributed by atoms with Crippen molar-refractivity contribution >= 4 is 49.7 Å². The van der Waals surface area contributed by atoms with Crippen molar-refractivity contribution in [3.05, 3.63) is 67.2 Å². The molecule has 9 heteroatoms. The SMILES string of the molecule is Cc1ccsc1CN(C(=O)c1cc(=O)c2cc(Cl)ccc2o1)[C@@H]1CCS(=O)(=O)C1. The predicted octanol–water partition coefficient (Wildman–Crippen LogP) is 3.65. The predicted molar refractivity (Wildman–Crippen MR) is 113 cm³/mol. The maximum Gasteiger partial charge on any atom is 0.290 e. The number of halogens is 1. The summed E-state index contributed by atoms with van der Waals surface area (Å²) in [6.07, 6.45) is 0.367. The molecule has 0 radical (unpaired) electrons. The monoisotopic (exact) mass is 451 g/mol. The molecular formula is C20H18ClNO5S2. The number of sulfone groups is 1. The lowest BCUT2D eigenvalue weighted by Crippen LogP contribution is -2.40. The van der Waals surface area contributed by atoms with Gasteiger partial charge in [0, 0.05) is 22.0 Å². The Bertz CT molecular complexity index is 1260. The zero-order chi connectivity index (χ0) is 20.8. The fraction of sp³-hybridized carbons (Fsp3) is 0.300. The van der Waals surface area contributed by atoms with Gasteiger partial charge in [0.1, 0.15) is 5.58 Å². The number of aryl methyl sites for hydroxylation is 1. The van der Waals surface area contributed by atoms with Crippen LogP contribution in [-0.4, -0.2) is 36.8 Å². The Morgan fingerprint density at radius 2 is 2.10 bits per heavy atom. The van der Waals surface area contributed by atoms with E-state index in [2.05, 4.69) is 0 Å². The van der Waals surface area contributed by atoms with E-state index in [0.717, 1.165) is 16.5 Å². The number of fused-ring (bicyclic) bond motifs is 1. The molecule has 29 heavy (non-hydrogen) atoms. The number of nitrogens with zero attached hydrogens (tertiary/aromatic N) is 1. The Morgan fingerprint density at radius 1 is 1.31 bits per heavy atom. The maximum absolute atomic E-state index is 13.3. The molecule has 0 saturated carbocycles. The van der Waals surface area contributed by atoms with E-state index >= 15 is 0 Å². The number of rotatable bonds is 4. The van der Waals surface area contributed by atoms with E-state index < -0.39 is 21.8 Å². The average Bonchev–Trinajstić information content (AvgIpc) is 3.24. The van der Waals surface area contributed by atoms with Crippen LogP contribution in [0.4, 0.5) is 0 Å². The van der Waals surface area contributed by atoms with Gasteiger partial charge in [-0.2, -0.15) is 0 Å². The van der Waals surface area contributed by atoms with Gasteiger partial charge in [0.25, 0.3) is 5.91 Å². The summed E-state index contributed by atoms with van der Waals surface area (Å²) in [4.78, 5) is 28.3. The quantitative estimate of drug-likeness (QED) is 0.604. The summed E-state index contributed by atoms with van der Waals surface area (Å²) in [6.45, 7) is 2.21. The van der Waals surface area contributed by atoms with Gasteiger partial charge in [-0.05, 0) is 48.6 Å². The Balaban J connectivity index is 1.75. The topological polar surface area (TPSA) is 84.7 Å². The molecule has 1 atom stereocenters. The molecule has 1 aliphatic heterocycles. The molecule has 6 nitrogen and oxygen atoms in total. The molecule has 1 aliphatic rings. The van der Waals surface area contributed by atoms with Crippen molar-refractivity contribution in [1.82, 2.24) is 4.90 Å². The van der Waals surface area contributed by atoms with E-state index in [0.29, 0.717) is 11.4 Å². The minimum atomic E-state index is -3.19. The van der Waals surface area contributed by atoms with E-state index in [1.54, 1.807) is 12.1 Å². The first-order valence-corrected chi connectivity index (χ1v) is 12.1. The van der Waals surface area contributed by atoms with E-state index in [-0.39, 0.29) is 40.2 Å². The second-order valence-corrected chi connectivity index (χ2v) is 10.8. The molecule has 0 N–H and O–H groups in total. The molecule has 4 rings (SSSR count). The van der Waals surface area contributed by atoms with Crippen molar-refractivity contribution < 1.29 is 17.6 Å². The lowest BCUT2D eigenvalue weighted by molar-refractivity contribution is 0.0650. The standard InChI is InChI=1S/C20H18ClNO5S2/c1-12-4-6-28-19(12)10-22(14-5-7-29(25,26)11-14)20(24)18-9-16(23)15-8-13(21)2-3-17(15)27-18/h2-4,6,8-9,14H,5,7,10-11H2,1H3/t14-/m1/s1. The highest BCUT2D eigenvalue weighted by Gasteiger charge is 2.36. The van der Waals surface area contributed by atoms with Crippen molar-refractivity contribution in [3.63, 3.8) is 0 Å². The maximum atomic E-state index is 13.3. The van der Waals surface area contributed by atoms with Gasteiger partial charge in [-0.25, -0.2) is 8.42 Å². The largest absolute Gasteiger partial charge is 0.451 e. The molecule has 0 bridgehead atoms. The normalized spacial score (nSPS) is 18.2. The fourth-order valence-corrected chi connectivity index (χ4v) is 6.29. The van der Waals surface area contributed by atoms with Crippen molar-refractivity contribution in [2.24, 2.45) is 0 Å². The molecule has 0 spiro atoms. The van der Waals surface area contributed by atoms with Gasteiger partial charge in [-0.15, -0.1) is 11.3 Å². The third kappa shape index (κ3) is 4.10. The van der Waals surface area contributed by atoms with Crippen molar-refractivity contribution in [3.8, 4) is 0 Å². The smallest absolute Gasteiger partial charge is 0.290 e. The Labute approximate surface area is 176 Å². The van der Waals surface area contributed by atoms with Crippen LogP contribution in [0.3, 0.4) is 0 Å². The minimum absolute atomic E-state index is 0.0467. The first kappa shape index (κ1) is 20.1. The molecule has 3 aromatic rings. The van der Waals surface area contributed by atoms with E-state index in [4.69, 9.17) is 16.0 Å². The molecule has 1 aromatic carbocycles. The summed E-state index contributed by atoms with van der Waals surface area (Å²) in [7, 11) is -3.19. The Hall–Kier alpha value is -2.16. The lowest BCUT2D eigenvalue weighted by atomic mass is 10.1. The number of carbonyl (C=O) groups excluding carboxylic acids is 1.